The van der Waals surface area contributed by atoms with Gasteiger partial charge in [-0.3, -0.25) is 0 Å². The highest BCUT2D eigenvalue weighted by Crippen LogP contribution is 2.37. The zero-order valence-electron chi connectivity index (χ0n) is 12.5. The Labute approximate surface area is 139 Å². The number of halogens is 1. The molecular formula is C17H17ClN2O3. The number of hydrogen-bond donors (Lipinski definition) is 2. The third-order valence-electron chi connectivity index (χ3n) is 4.05. The normalized spacial score (nSPS) is 18.1. The first kappa shape index (κ1) is 14.6. The van der Waals surface area contributed by atoms with Crippen LogP contribution in [0.25, 0.3) is 0 Å². The molecule has 6 heteroatoms. The number of anilines is 2. The topological polar surface area (TPSA) is 54.0 Å². The van der Waals surface area contributed by atoms with E-state index in [1.165, 1.54) is 0 Å². The van der Waals surface area contributed by atoms with Crippen LogP contribution in [0, 0.1) is 0 Å². The Morgan fingerprint density at radius 1 is 1.17 bits per heavy atom. The third-order valence-corrected chi connectivity index (χ3v) is 4.30. The summed E-state index contributed by atoms with van der Waals surface area (Å²) in [6.07, 6.45) is 0. The monoisotopic (exact) mass is 332 g/mol. The van der Waals surface area contributed by atoms with Crippen molar-refractivity contribution in [3.63, 3.8) is 0 Å². The molecule has 1 saturated heterocycles. The van der Waals surface area contributed by atoms with Crippen LogP contribution in [0.5, 0.6) is 11.5 Å². The Balaban J connectivity index is 1.53. The third kappa shape index (κ3) is 2.95. The van der Waals surface area contributed by atoms with Gasteiger partial charge in [-0.1, -0.05) is 11.6 Å². The van der Waals surface area contributed by atoms with Gasteiger partial charge in [0.25, 0.3) is 0 Å². The lowest BCUT2D eigenvalue weighted by molar-refractivity contribution is -0.171. The molecule has 2 aromatic rings. The molecule has 0 unspecified atom stereocenters. The van der Waals surface area contributed by atoms with Gasteiger partial charge in [0.1, 0.15) is 17.1 Å². The predicted molar refractivity (Wildman–Crippen MR) is 89.6 cm³/mol. The van der Waals surface area contributed by atoms with Crippen molar-refractivity contribution in [3.8, 4) is 11.5 Å². The molecule has 0 atom stereocenters. The summed E-state index contributed by atoms with van der Waals surface area (Å²) in [5.41, 5.74) is 1.31. The van der Waals surface area contributed by atoms with Crippen molar-refractivity contribution in [1.29, 1.82) is 0 Å². The van der Waals surface area contributed by atoms with Crippen LogP contribution < -0.4 is 15.0 Å². The van der Waals surface area contributed by atoms with Gasteiger partial charge in [-0.15, -0.1) is 0 Å². The number of hydrogen-bond acceptors (Lipinski definition) is 5. The molecule has 0 amide bonds. The number of nitrogens with one attached hydrogen (secondary N) is 1. The molecule has 120 valence electrons. The molecule has 0 aliphatic carbocycles. The minimum Gasteiger partial charge on any atom is -0.457 e. The summed E-state index contributed by atoms with van der Waals surface area (Å²) in [6, 6.07) is 13.1. The zero-order valence-corrected chi connectivity index (χ0v) is 13.2. The molecule has 5 nitrogen and oxygen atoms in total. The Kier molecular flexibility index (Phi) is 3.56. The number of fused-ring (bicyclic) bond motifs is 1. The minimum absolute atomic E-state index is 0.389. The molecule has 0 saturated carbocycles. The smallest absolute Gasteiger partial charge is 0.129 e. The van der Waals surface area contributed by atoms with Crippen molar-refractivity contribution in [3.05, 3.63) is 47.5 Å². The van der Waals surface area contributed by atoms with E-state index in [0.717, 1.165) is 22.9 Å². The van der Waals surface area contributed by atoms with Crippen molar-refractivity contribution < 1.29 is 14.6 Å². The highest BCUT2D eigenvalue weighted by molar-refractivity contribution is 6.30. The maximum atomic E-state index is 10.3. The van der Waals surface area contributed by atoms with Gasteiger partial charge in [-0.05, 0) is 36.4 Å². The van der Waals surface area contributed by atoms with Gasteiger partial charge < -0.3 is 24.8 Å². The van der Waals surface area contributed by atoms with Crippen LogP contribution >= 0.6 is 11.6 Å². The fourth-order valence-corrected chi connectivity index (χ4v) is 2.94. The van der Waals surface area contributed by atoms with Crippen molar-refractivity contribution in [1.82, 2.24) is 0 Å². The standard InChI is InChI=1S/C17H17ClN2O3/c18-12-1-3-13(4-2-12)23-14-5-6-15-16(7-14)20(11-19-15)8-17(21)9-22-10-17/h1-7,19,21H,8-11H2. The van der Waals surface area contributed by atoms with Crippen molar-refractivity contribution in [2.45, 2.75) is 5.60 Å². The number of aliphatic hydroxyl groups is 1. The lowest BCUT2D eigenvalue weighted by atomic mass is 10.0. The van der Waals surface area contributed by atoms with E-state index >= 15 is 0 Å². The van der Waals surface area contributed by atoms with Gasteiger partial charge in [0, 0.05) is 11.1 Å². The van der Waals surface area contributed by atoms with E-state index in [1.807, 2.05) is 30.3 Å². The Bertz CT molecular complexity index is 716. The Morgan fingerprint density at radius 2 is 1.91 bits per heavy atom. The average molecular weight is 333 g/mol. The van der Waals surface area contributed by atoms with E-state index in [1.54, 1.807) is 12.1 Å². The van der Waals surface area contributed by atoms with Crippen LogP contribution in [0.15, 0.2) is 42.5 Å². The van der Waals surface area contributed by atoms with Gasteiger partial charge in [0.15, 0.2) is 0 Å². The first-order valence-electron chi connectivity index (χ1n) is 7.48. The van der Waals surface area contributed by atoms with E-state index in [0.29, 0.717) is 31.4 Å². The van der Waals surface area contributed by atoms with Crippen LogP contribution in [0.3, 0.4) is 0 Å². The van der Waals surface area contributed by atoms with Crippen LogP contribution in [0.2, 0.25) is 5.02 Å². The summed E-state index contributed by atoms with van der Waals surface area (Å²) in [5.74, 6) is 1.48. The fraction of sp³-hybridized carbons (Fsp3) is 0.294. The van der Waals surface area contributed by atoms with Gasteiger partial charge >= 0.3 is 0 Å². The maximum Gasteiger partial charge on any atom is 0.129 e. The molecule has 2 aliphatic rings. The predicted octanol–water partition coefficient (Wildman–Crippen LogP) is 3.08. The summed E-state index contributed by atoms with van der Waals surface area (Å²) in [6.45, 7) is 1.99. The number of nitrogens with zero attached hydrogens (tertiary/aromatic N) is 1. The molecule has 0 spiro atoms. The summed E-state index contributed by atoms with van der Waals surface area (Å²) < 4.78 is 11.0. The molecule has 2 aliphatic heterocycles. The van der Waals surface area contributed by atoms with E-state index in [9.17, 15) is 5.11 Å². The van der Waals surface area contributed by atoms with E-state index in [-0.39, 0.29) is 0 Å². The molecule has 0 radical (unpaired) electrons. The van der Waals surface area contributed by atoms with Gasteiger partial charge in [0.05, 0.1) is 37.8 Å². The summed E-state index contributed by atoms with van der Waals surface area (Å²) in [4.78, 5) is 2.10. The SMILES string of the molecule is OC1(CN2CNc3ccc(Oc4ccc(Cl)cc4)cc32)COC1. The van der Waals surface area contributed by atoms with Crippen LogP contribution in [0.1, 0.15) is 0 Å². The Morgan fingerprint density at radius 3 is 2.61 bits per heavy atom. The maximum absolute atomic E-state index is 10.3. The molecule has 4 rings (SSSR count). The molecular weight excluding hydrogens is 316 g/mol. The van der Waals surface area contributed by atoms with Gasteiger partial charge in [0.2, 0.25) is 0 Å². The fourth-order valence-electron chi connectivity index (χ4n) is 2.82. The molecule has 2 heterocycles. The second-order valence-electron chi connectivity index (χ2n) is 5.98. The molecule has 23 heavy (non-hydrogen) atoms. The number of rotatable bonds is 4. The molecule has 1 fully saturated rings. The van der Waals surface area contributed by atoms with E-state index < -0.39 is 5.60 Å². The van der Waals surface area contributed by atoms with Crippen molar-refractivity contribution in [2.24, 2.45) is 0 Å². The number of β-amino-alcohol motifs (C(OH)–C–C–N with tert-alkyl or cyclic N) is 1. The van der Waals surface area contributed by atoms with E-state index in [4.69, 9.17) is 21.1 Å². The molecule has 0 bridgehead atoms. The first-order chi connectivity index (χ1) is 11.1. The van der Waals surface area contributed by atoms with Gasteiger partial charge in [-0.25, -0.2) is 0 Å². The van der Waals surface area contributed by atoms with Crippen LogP contribution in [-0.4, -0.2) is 37.1 Å². The Hall–Kier alpha value is -1.95. The highest BCUT2D eigenvalue weighted by Gasteiger charge is 2.39. The van der Waals surface area contributed by atoms with E-state index in [2.05, 4.69) is 10.2 Å². The second kappa shape index (κ2) is 5.60. The number of ether oxygens (including phenoxy) is 2. The van der Waals surface area contributed by atoms with Gasteiger partial charge in [-0.2, -0.15) is 0 Å². The second-order valence-corrected chi connectivity index (χ2v) is 6.42. The summed E-state index contributed by atoms with van der Waals surface area (Å²) in [7, 11) is 0. The average Bonchev–Trinajstić information content (AvgIpc) is 2.90. The minimum atomic E-state index is -0.754. The highest BCUT2D eigenvalue weighted by atomic mass is 35.5. The summed E-state index contributed by atoms with van der Waals surface area (Å²) >= 11 is 5.89. The van der Waals surface area contributed by atoms with Crippen molar-refractivity contribution in [2.75, 3.05) is 36.6 Å². The lowest BCUT2D eigenvalue weighted by Gasteiger charge is -2.39. The largest absolute Gasteiger partial charge is 0.457 e. The summed E-state index contributed by atoms with van der Waals surface area (Å²) in [5, 5.41) is 14.3. The molecule has 0 aromatic heterocycles. The number of benzene rings is 2. The van der Waals surface area contributed by atoms with Crippen molar-refractivity contribution >= 4 is 23.0 Å². The lowest BCUT2D eigenvalue weighted by Crippen LogP contribution is -2.57. The zero-order chi connectivity index (χ0) is 15.9. The molecule has 2 N–H and O–H groups in total. The quantitative estimate of drug-likeness (QED) is 0.901. The first-order valence-corrected chi connectivity index (χ1v) is 7.86. The van der Waals surface area contributed by atoms with Crippen LogP contribution in [-0.2, 0) is 4.74 Å². The van der Waals surface area contributed by atoms with Crippen LogP contribution in [0.4, 0.5) is 11.4 Å². The molecule has 2 aromatic carbocycles.